The Morgan fingerprint density at radius 2 is 2.00 bits per heavy atom. The van der Waals surface area contributed by atoms with Crippen molar-refractivity contribution in [2.75, 3.05) is 11.9 Å². The first-order chi connectivity index (χ1) is 10.0. The van der Waals surface area contributed by atoms with Crippen LogP contribution in [0, 0.1) is 11.7 Å². The average molecular weight is 288 g/mol. The van der Waals surface area contributed by atoms with E-state index in [0.29, 0.717) is 29.7 Å². The molecule has 0 atom stereocenters. The van der Waals surface area contributed by atoms with E-state index in [0.717, 1.165) is 0 Å². The Morgan fingerprint density at radius 3 is 2.62 bits per heavy atom. The van der Waals surface area contributed by atoms with E-state index >= 15 is 0 Å². The predicted octanol–water partition coefficient (Wildman–Crippen LogP) is 2.75. The summed E-state index contributed by atoms with van der Waals surface area (Å²) >= 11 is 0. The first-order valence-electron chi connectivity index (χ1n) is 6.67. The molecule has 2 rings (SSSR count). The van der Waals surface area contributed by atoms with Crippen LogP contribution in [-0.2, 0) is 0 Å². The predicted molar refractivity (Wildman–Crippen MR) is 78.9 cm³/mol. The summed E-state index contributed by atoms with van der Waals surface area (Å²) in [7, 11) is 0. The zero-order valence-electron chi connectivity index (χ0n) is 11.9. The fraction of sp³-hybridized carbons (Fsp3) is 0.267. The van der Waals surface area contributed by atoms with Gasteiger partial charge in [0.1, 0.15) is 5.82 Å². The maximum Gasteiger partial charge on any atom is 0.254 e. The highest BCUT2D eigenvalue weighted by atomic mass is 19.1. The second kappa shape index (κ2) is 6.78. The molecule has 0 spiro atoms. The highest BCUT2D eigenvalue weighted by molar-refractivity contribution is 5.93. The summed E-state index contributed by atoms with van der Waals surface area (Å²) < 4.78 is 13.1. The summed E-state index contributed by atoms with van der Waals surface area (Å²) in [5.41, 5.74) is 0.937. The van der Waals surface area contributed by atoms with Gasteiger partial charge < -0.3 is 10.6 Å². The smallest absolute Gasteiger partial charge is 0.254 e. The van der Waals surface area contributed by atoms with Crippen molar-refractivity contribution in [1.82, 2.24) is 15.3 Å². The van der Waals surface area contributed by atoms with Gasteiger partial charge in [0.25, 0.3) is 5.91 Å². The van der Waals surface area contributed by atoms with Crippen LogP contribution in [0.25, 0.3) is 0 Å². The molecule has 0 unspecified atom stereocenters. The Morgan fingerprint density at radius 1 is 1.29 bits per heavy atom. The maximum atomic E-state index is 13.1. The number of rotatable bonds is 5. The monoisotopic (exact) mass is 288 g/mol. The lowest BCUT2D eigenvalue weighted by atomic mass is 10.2. The van der Waals surface area contributed by atoms with E-state index in [1.807, 2.05) is 13.8 Å². The van der Waals surface area contributed by atoms with Gasteiger partial charge in [-0.2, -0.15) is 0 Å². The number of carbonyl (C=O) groups excluding carboxylic acids is 1. The molecule has 0 aliphatic rings. The number of hydrogen-bond acceptors (Lipinski definition) is 4. The van der Waals surface area contributed by atoms with Gasteiger partial charge in [-0.25, -0.2) is 14.4 Å². The van der Waals surface area contributed by atoms with E-state index in [-0.39, 0.29) is 11.7 Å². The lowest BCUT2D eigenvalue weighted by Gasteiger charge is -2.08. The van der Waals surface area contributed by atoms with Crippen LogP contribution in [0.2, 0.25) is 0 Å². The number of hydrogen-bond donors (Lipinski definition) is 2. The minimum Gasteiger partial charge on any atom is -0.352 e. The number of amides is 1. The second-order valence-electron chi connectivity index (χ2n) is 5.03. The first-order valence-corrected chi connectivity index (χ1v) is 6.67. The molecule has 2 aromatic rings. The van der Waals surface area contributed by atoms with Crippen LogP contribution < -0.4 is 10.6 Å². The standard InChI is InChI=1S/C15H17FN4O/c1-10(2)7-17-14(21)11-8-18-15(19-9-11)20-13-5-3-4-12(16)6-13/h3-6,8-10H,7H2,1-2H3,(H,17,21)(H,18,19,20). The van der Waals surface area contributed by atoms with Crippen molar-refractivity contribution >= 4 is 17.5 Å². The molecule has 1 heterocycles. The van der Waals surface area contributed by atoms with E-state index in [2.05, 4.69) is 20.6 Å². The molecule has 0 bridgehead atoms. The molecule has 0 saturated carbocycles. The molecule has 1 aromatic carbocycles. The van der Waals surface area contributed by atoms with Crippen LogP contribution in [-0.4, -0.2) is 22.4 Å². The third kappa shape index (κ3) is 4.52. The van der Waals surface area contributed by atoms with Gasteiger partial charge in [0.15, 0.2) is 0 Å². The Hall–Kier alpha value is -2.50. The number of nitrogens with zero attached hydrogens (tertiary/aromatic N) is 2. The quantitative estimate of drug-likeness (QED) is 0.887. The van der Waals surface area contributed by atoms with Crippen molar-refractivity contribution in [1.29, 1.82) is 0 Å². The van der Waals surface area contributed by atoms with Crippen molar-refractivity contribution in [2.24, 2.45) is 5.92 Å². The van der Waals surface area contributed by atoms with Gasteiger partial charge in [-0.05, 0) is 24.1 Å². The Labute approximate surface area is 122 Å². The lowest BCUT2D eigenvalue weighted by molar-refractivity contribution is 0.0948. The highest BCUT2D eigenvalue weighted by Gasteiger charge is 2.07. The summed E-state index contributed by atoms with van der Waals surface area (Å²) in [5, 5.41) is 5.65. The number of halogens is 1. The summed E-state index contributed by atoms with van der Waals surface area (Å²) in [6, 6.07) is 5.99. The number of aromatic nitrogens is 2. The number of nitrogens with one attached hydrogen (secondary N) is 2. The number of anilines is 2. The van der Waals surface area contributed by atoms with Gasteiger partial charge in [0.2, 0.25) is 5.95 Å². The van der Waals surface area contributed by atoms with Gasteiger partial charge in [0.05, 0.1) is 5.56 Å². The van der Waals surface area contributed by atoms with E-state index in [9.17, 15) is 9.18 Å². The average Bonchev–Trinajstić information content (AvgIpc) is 2.45. The topological polar surface area (TPSA) is 66.9 Å². The fourth-order valence-electron chi connectivity index (χ4n) is 1.60. The molecule has 2 N–H and O–H groups in total. The second-order valence-corrected chi connectivity index (χ2v) is 5.03. The third-order valence-corrected chi connectivity index (χ3v) is 2.67. The van der Waals surface area contributed by atoms with Gasteiger partial charge in [-0.3, -0.25) is 4.79 Å². The molecular weight excluding hydrogens is 271 g/mol. The van der Waals surface area contributed by atoms with E-state index in [1.54, 1.807) is 12.1 Å². The summed E-state index contributed by atoms with van der Waals surface area (Å²) in [6.07, 6.45) is 2.87. The molecule has 0 aliphatic heterocycles. The van der Waals surface area contributed by atoms with Crippen LogP contribution in [0.5, 0.6) is 0 Å². The molecule has 0 fully saturated rings. The van der Waals surface area contributed by atoms with Crippen molar-refractivity contribution < 1.29 is 9.18 Å². The Kier molecular flexibility index (Phi) is 4.81. The molecule has 0 radical (unpaired) electrons. The summed E-state index contributed by atoms with van der Waals surface area (Å²) in [5.74, 6) is 0.135. The third-order valence-electron chi connectivity index (χ3n) is 2.67. The minimum absolute atomic E-state index is 0.207. The van der Waals surface area contributed by atoms with Crippen LogP contribution >= 0.6 is 0 Å². The van der Waals surface area contributed by atoms with Crippen molar-refractivity contribution in [3.63, 3.8) is 0 Å². The zero-order chi connectivity index (χ0) is 15.2. The molecule has 110 valence electrons. The van der Waals surface area contributed by atoms with Gasteiger partial charge in [0, 0.05) is 24.6 Å². The number of carbonyl (C=O) groups is 1. The van der Waals surface area contributed by atoms with Crippen LogP contribution in [0.15, 0.2) is 36.7 Å². The molecule has 0 saturated heterocycles. The minimum atomic E-state index is -0.343. The molecule has 0 aliphatic carbocycles. The first kappa shape index (κ1) is 14.9. The van der Waals surface area contributed by atoms with Crippen LogP contribution in [0.3, 0.4) is 0 Å². The van der Waals surface area contributed by atoms with E-state index in [4.69, 9.17) is 0 Å². The van der Waals surface area contributed by atoms with Gasteiger partial charge in [-0.1, -0.05) is 19.9 Å². The maximum absolute atomic E-state index is 13.1. The van der Waals surface area contributed by atoms with Crippen molar-refractivity contribution in [3.8, 4) is 0 Å². The zero-order valence-corrected chi connectivity index (χ0v) is 11.9. The number of benzene rings is 1. The molecule has 6 heteroatoms. The SMILES string of the molecule is CC(C)CNC(=O)c1cnc(Nc2cccc(F)c2)nc1. The highest BCUT2D eigenvalue weighted by Crippen LogP contribution is 2.13. The van der Waals surface area contributed by atoms with Crippen molar-refractivity contribution in [2.45, 2.75) is 13.8 Å². The van der Waals surface area contributed by atoms with Crippen LogP contribution in [0.4, 0.5) is 16.0 Å². The molecule has 5 nitrogen and oxygen atoms in total. The summed E-state index contributed by atoms with van der Waals surface area (Å²) in [6.45, 7) is 4.63. The van der Waals surface area contributed by atoms with Gasteiger partial charge >= 0.3 is 0 Å². The normalized spacial score (nSPS) is 10.5. The Bertz CT molecular complexity index is 613. The lowest BCUT2D eigenvalue weighted by Crippen LogP contribution is -2.27. The molecule has 1 amide bonds. The van der Waals surface area contributed by atoms with E-state index < -0.39 is 0 Å². The molecule has 1 aromatic heterocycles. The largest absolute Gasteiger partial charge is 0.352 e. The van der Waals surface area contributed by atoms with Crippen molar-refractivity contribution in [3.05, 3.63) is 48.0 Å². The fourth-order valence-corrected chi connectivity index (χ4v) is 1.60. The van der Waals surface area contributed by atoms with Gasteiger partial charge in [-0.15, -0.1) is 0 Å². The van der Waals surface area contributed by atoms with Crippen LogP contribution in [0.1, 0.15) is 24.2 Å². The summed E-state index contributed by atoms with van der Waals surface area (Å²) in [4.78, 5) is 19.9. The molecular formula is C15H17FN4O. The Balaban J connectivity index is 2.00. The molecule has 21 heavy (non-hydrogen) atoms. The van der Waals surface area contributed by atoms with E-state index in [1.165, 1.54) is 24.5 Å².